The molecular weight excluding hydrogens is 292 g/mol. The van der Waals surface area contributed by atoms with Crippen LogP contribution in [0.1, 0.15) is 29.0 Å². The monoisotopic (exact) mass is 312 g/mol. The first-order valence-electron chi connectivity index (χ1n) is 7.64. The number of methoxy groups -OCH3 is 1. The largest absolute Gasteiger partial charge is 0.496 e. The fourth-order valence-corrected chi connectivity index (χ4v) is 3.24. The summed E-state index contributed by atoms with van der Waals surface area (Å²) in [6.45, 7) is 2.32. The van der Waals surface area contributed by atoms with Crippen LogP contribution >= 0.6 is 0 Å². The van der Waals surface area contributed by atoms with E-state index in [1.807, 2.05) is 49.4 Å². The van der Waals surface area contributed by atoms with Gasteiger partial charge in [-0.2, -0.15) is 0 Å². The summed E-state index contributed by atoms with van der Waals surface area (Å²) in [5.41, 5.74) is 1.30. The molecule has 1 N–H and O–H groups in total. The van der Waals surface area contributed by atoms with Crippen LogP contribution in [0.4, 0.5) is 0 Å². The molecule has 1 aliphatic rings. The molecule has 4 heteroatoms. The first kappa shape index (κ1) is 15.6. The second kappa shape index (κ2) is 6.05. The van der Waals surface area contributed by atoms with E-state index in [1.165, 1.54) is 0 Å². The Kier molecular flexibility index (Phi) is 4.09. The van der Waals surface area contributed by atoms with E-state index in [-0.39, 0.29) is 5.92 Å². The Balaban J connectivity index is 2.03. The second-order valence-electron chi connectivity index (χ2n) is 5.96. The number of aliphatic carboxylic acids is 1. The molecule has 2 aromatic carbocycles. The van der Waals surface area contributed by atoms with Gasteiger partial charge < -0.3 is 14.6 Å². The summed E-state index contributed by atoms with van der Waals surface area (Å²) in [6.07, 6.45) is 0.395. The summed E-state index contributed by atoms with van der Waals surface area (Å²) in [5.74, 6) is -0.371. The Hall–Kier alpha value is -2.33. The van der Waals surface area contributed by atoms with Crippen molar-refractivity contribution in [3.63, 3.8) is 0 Å². The highest BCUT2D eigenvalue weighted by Gasteiger charge is 2.50. The van der Waals surface area contributed by atoms with E-state index in [4.69, 9.17) is 9.47 Å². The molecule has 4 nitrogen and oxygen atoms in total. The molecule has 0 aliphatic carbocycles. The van der Waals surface area contributed by atoms with E-state index in [2.05, 4.69) is 0 Å². The fraction of sp³-hybridized carbons (Fsp3) is 0.316. The maximum atomic E-state index is 12.1. The van der Waals surface area contributed by atoms with Gasteiger partial charge in [0.25, 0.3) is 0 Å². The minimum atomic E-state index is -1.36. The normalized spacial score (nSPS) is 23.7. The van der Waals surface area contributed by atoms with Crippen molar-refractivity contribution in [3.8, 4) is 5.75 Å². The molecule has 0 radical (unpaired) electrons. The van der Waals surface area contributed by atoms with E-state index in [9.17, 15) is 9.90 Å². The summed E-state index contributed by atoms with van der Waals surface area (Å²) in [5, 5.41) is 9.91. The van der Waals surface area contributed by atoms with Crippen molar-refractivity contribution >= 4 is 5.97 Å². The van der Waals surface area contributed by atoms with Gasteiger partial charge in [-0.15, -0.1) is 0 Å². The summed E-state index contributed by atoms with van der Waals surface area (Å²) < 4.78 is 11.3. The van der Waals surface area contributed by atoms with Gasteiger partial charge in [0.05, 0.1) is 13.7 Å². The molecule has 120 valence electrons. The molecule has 0 amide bonds. The zero-order chi connectivity index (χ0) is 16.4. The Labute approximate surface area is 135 Å². The number of hydrogen-bond acceptors (Lipinski definition) is 3. The van der Waals surface area contributed by atoms with Gasteiger partial charge in [-0.1, -0.05) is 42.0 Å². The number of ether oxygens (including phenoxy) is 2. The Morgan fingerprint density at radius 1 is 1.26 bits per heavy atom. The summed E-state index contributed by atoms with van der Waals surface area (Å²) >= 11 is 0. The fourth-order valence-electron chi connectivity index (χ4n) is 3.24. The van der Waals surface area contributed by atoms with E-state index >= 15 is 0 Å². The molecule has 0 bridgehead atoms. The number of aryl methyl sites for hydroxylation is 1. The lowest BCUT2D eigenvalue weighted by atomic mass is 9.83. The molecule has 1 heterocycles. The van der Waals surface area contributed by atoms with Crippen molar-refractivity contribution in [1.29, 1.82) is 0 Å². The van der Waals surface area contributed by atoms with Crippen molar-refractivity contribution in [2.24, 2.45) is 0 Å². The van der Waals surface area contributed by atoms with Gasteiger partial charge in [0.15, 0.2) is 5.60 Å². The van der Waals surface area contributed by atoms with Gasteiger partial charge in [-0.25, -0.2) is 4.79 Å². The Bertz CT molecular complexity index is 711. The number of carboxylic acid groups (broad SMARTS) is 1. The van der Waals surface area contributed by atoms with Crippen molar-refractivity contribution in [2.45, 2.75) is 24.9 Å². The number of benzene rings is 2. The van der Waals surface area contributed by atoms with E-state index in [0.717, 1.165) is 11.1 Å². The number of rotatable bonds is 4. The molecule has 0 unspecified atom stereocenters. The highest BCUT2D eigenvalue weighted by molar-refractivity contribution is 5.81. The smallest absolute Gasteiger partial charge is 0.340 e. The van der Waals surface area contributed by atoms with Crippen molar-refractivity contribution < 1.29 is 19.4 Å². The Morgan fingerprint density at radius 3 is 2.65 bits per heavy atom. The quantitative estimate of drug-likeness (QED) is 0.939. The van der Waals surface area contributed by atoms with Crippen LogP contribution in [0.25, 0.3) is 0 Å². The minimum absolute atomic E-state index is 0.0533. The standard InChI is InChI=1S/C19H20O4/c1-13-8-9-17(22-2)16(10-13)19(18(20)21)11-15(12-23-19)14-6-4-3-5-7-14/h3-10,15H,11-12H2,1-2H3,(H,20,21)/t15-,19-/m0/s1. The third kappa shape index (κ3) is 2.70. The SMILES string of the molecule is COc1ccc(C)cc1[C@]1(C(=O)O)C[C@H](c2ccccc2)CO1. The van der Waals surface area contributed by atoms with E-state index in [1.54, 1.807) is 13.2 Å². The van der Waals surface area contributed by atoms with Crippen LogP contribution in [-0.4, -0.2) is 24.8 Å². The van der Waals surface area contributed by atoms with Crippen LogP contribution in [0.15, 0.2) is 48.5 Å². The highest BCUT2D eigenvalue weighted by atomic mass is 16.5. The van der Waals surface area contributed by atoms with E-state index in [0.29, 0.717) is 24.3 Å². The lowest BCUT2D eigenvalue weighted by molar-refractivity contribution is -0.161. The van der Waals surface area contributed by atoms with Crippen LogP contribution in [-0.2, 0) is 15.1 Å². The van der Waals surface area contributed by atoms with Gasteiger partial charge >= 0.3 is 5.97 Å². The maximum Gasteiger partial charge on any atom is 0.340 e. The highest BCUT2D eigenvalue weighted by Crippen LogP contribution is 2.46. The van der Waals surface area contributed by atoms with Gasteiger partial charge in [-0.3, -0.25) is 0 Å². The molecule has 2 atom stereocenters. The average Bonchev–Trinajstić information content (AvgIpc) is 3.02. The molecular formula is C19H20O4. The predicted octanol–water partition coefficient (Wildman–Crippen LogP) is 3.49. The molecule has 1 saturated heterocycles. The molecule has 0 saturated carbocycles. The van der Waals surface area contributed by atoms with Gasteiger partial charge in [0.2, 0.25) is 0 Å². The van der Waals surface area contributed by atoms with Crippen LogP contribution < -0.4 is 4.74 Å². The second-order valence-corrected chi connectivity index (χ2v) is 5.96. The van der Waals surface area contributed by atoms with Gasteiger partial charge in [-0.05, 0) is 24.6 Å². The van der Waals surface area contributed by atoms with Crippen LogP contribution in [0.5, 0.6) is 5.75 Å². The average molecular weight is 312 g/mol. The minimum Gasteiger partial charge on any atom is -0.496 e. The summed E-state index contributed by atoms with van der Waals surface area (Å²) in [6, 6.07) is 15.5. The zero-order valence-electron chi connectivity index (χ0n) is 13.3. The summed E-state index contributed by atoms with van der Waals surface area (Å²) in [4.78, 5) is 12.1. The molecule has 1 aliphatic heterocycles. The molecule has 3 rings (SSSR count). The molecule has 1 fully saturated rings. The Morgan fingerprint density at radius 2 is 2.00 bits per heavy atom. The number of carbonyl (C=O) groups is 1. The first-order chi connectivity index (χ1) is 11.1. The van der Waals surface area contributed by atoms with Gasteiger partial charge in [0.1, 0.15) is 5.75 Å². The molecule has 23 heavy (non-hydrogen) atoms. The molecule has 0 spiro atoms. The number of carboxylic acids is 1. The first-order valence-corrected chi connectivity index (χ1v) is 7.64. The van der Waals surface area contributed by atoms with Crippen LogP contribution in [0, 0.1) is 6.92 Å². The third-order valence-electron chi connectivity index (χ3n) is 4.47. The maximum absolute atomic E-state index is 12.1. The van der Waals surface area contributed by atoms with Crippen molar-refractivity contribution in [1.82, 2.24) is 0 Å². The lowest BCUT2D eigenvalue weighted by Gasteiger charge is -2.26. The van der Waals surface area contributed by atoms with Crippen molar-refractivity contribution in [2.75, 3.05) is 13.7 Å². The third-order valence-corrected chi connectivity index (χ3v) is 4.47. The zero-order valence-corrected chi connectivity index (χ0v) is 13.3. The summed E-state index contributed by atoms with van der Waals surface area (Å²) in [7, 11) is 1.55. The van der Waals surface area contributed by atoms with Gasteiger partial charge in [0, 0.05) is 17.9 Å². The van der Waals surface area contributed by atoms with Crippen molar-refractivity contribution in [3.05, 3.63) is 65.2 Å². The number of hydrogen-bond donors (Lipinski definition) is 1. The molecule has 0 aromatic heterocycles. The predicted molar refractivity (Wildman–Crippen MR) is 86.8 cm³/mol. The van der Waals surface area contributed by atoms with E-state index < -0.39 is 11.6 Å². The topological polar surface area (TPSA) is 55.8 Å². The molecule has 2 aromatic rings. The van der Waals surface area contributed by atoms with Crippen LogP contribution in [0.2, 0.25) is 0 Å². The van der Waals surface area contributed by atoms with Crippen LogP contribution in [0.3, 0.4) is 0 Å². The lowest BCUT2D eigenvalue weighted by Crippen LogP contribution is -2.35.